The fourth-order valence-corrected chi connectivity index (χ4v) is 11.0. The molecule has 14 nitrogen and oxygen atoms in total. The zero-order chi connectivity index (χ0) is 28.9. The molecule has 5 fully saturated rings. The van der Waals surface area contributed by atoms with Crippen LogP contribution in [0.4, 0.5) is 5.82 Å². The van der Waals surface area contributed by atoms with E-state index in [0.717, 1.165) is 19.3 Å². The van der Waals surface area contributed by atoms with E-state index in [1.54, 1.807) is 0 Å². The number of imidazole rings is 1. The minimum Gasteiger partial charge on any atom is -0.387 e. The second kappa shape index (κ2) is 9.29. The molecule has 5 aliphatic rings. The van der Waals surface area contributed by atoms with Crippen LogP contribution in [0.2, 0.25) is 5.28 Å². The normalized spacial score (nSPS) is 40.5. The zero-order valence-electron chi connectivity index (χ0n) is 22.0. The lowest BCUT2D eigenvalue weighted by atomic mass is 9.43. The van der Waals surface area contributed by atoms with Crippen molar-refractivity contribution in [1.29, 1.82) is 0 Å². The molecule has 1 saturated heterocycles. The molecule has 2 aromatic heterocycles. The first-order valence-corrected chi connectivity index (χ1v) is 16.8. The quantitative estimate of drug-likeness (QED) is 0.163. The Balaban J connectivity index is 1.25. The predicted molar refractivity (Wildman–Crippen MR) is 142 cm³/mol. The molecule has 0 spiro atoms. The summed E-state index contributed by atoms with van der Waals surface area (Å²) in [6.07, 6.45) is 2.51. The van der Waals surface area contributed by atoms with Gasteiger partial charge in [0.15, 0.2) is 28.7 Å². The van der Waals surface area contributed by atoms with Crippen LogP contribution < -0.4 is 5.32 Å². The van der Waals surface area contributed by atoms with Gasteiger partial charge in [-0.3, -0.25) is 13.7 Å². The lowest BCUT2D eigenvalue weighted by Crippen LogP contribution is -2.61. The van der Waals surface area contributed by atoms with Gasteiger partial charge in [-0.15, -0.1) is 0 Å². The number of hydrogen-bond donors (Lipinski definition) is 5. The number of aliphatic hydroxyl groups is 2. The monoisotopic (exact) mass is 621 g/mol. The Labute approximate surface area is 235 Å². The number of halogens is 1. The summed E-state index contributed by atoms with van der Waals surface area (Å²) >= 11 is 6.34. The van der Waals surface area contributed by atoms with Crippen molar-refractivity contribution >= 4 is 46.3 Å². The third kappa shape index (κ3) is 5.29. The van der Waals surface area contributed by atoms with E-state index in [0.29, 0.717) is 17.3 Å². The van der Waals surface area contributed by atoms with Gasteiger partial charge in [0.2, 0.25) is 5.28 Å². The highest BCUT2D eigenvalue weighted by Crippen LogP contribution is 2.67. The first-order valence-electron chi connectivity index (χ1n) is 13.1. The van der Waals surface area contributed by atoms with Gasteiger partial charge < -0.3 is 29.7 Å². The smallest absolute Gasteiger partial charge is 0.345 e. The molecule has 3 heterocycles. The van der Waals surface area contributed by atoms with Gasteiger partial charge in [-0.05, 0) is 66.9 Å². The topological polar surface area (TPSA) is 206 Å². The molecule has 5 N–H and O–H groups in total. The predicted octanol–water partition coefficient (Wildman–Crippen LogP) is 2.31. The van der Waals surface area contributed by atoms with Crippen LogP contribution in [-0.2, 0) is 23.9 Å². The van der Waals surface area contributed by atoms with Crippen LogP contribution in [0.25, 0.3) is 11.2 Å². The van der Waals surface area contributed by atoms with Crippen LogP contribution in [0.3, 0.4) is 0 Å². The van der Waals surface area contributed by atoms with Crippen LogP contribution in [0.15, 0.2) is 6.33 Å². The molecule has 0 radical (unpaired) electrons. The zero-order valence-corrected chi connectivity index (χ0v) is 24.4. The lowest BCUT2D eigenvalue weighted by Gasteiger charge is -2.65. The molecule has 7 rings (SSSR count). The summed E-state index contributed by atoms with van der Waals surface area (Å²) in [6, 6.07) is 0. The lowest BCUT2D eigenvalue weighted by molar-refractivity contribution is -0.0973. The molecular formula is C23H33ClN5O9PS. The number of anilines is 1. The van der Waals surface area contributed by atoms with Gasteiger partial charge in [-0.25, -0.2) is 4.98 Å². The molecule has 0 amide bonds. The van der Waals surface area contributed by atoms with Gasteiger partial charge in [0.25, 0.3) is 10.1 Å². The van der Waals surface area contributed by atoms with E-state index in [4.69, 9.17) is 25.4 Å². The standard InChI is InChI=1S/C23H33ClN5O9PS/c1-21-3-12-4-22(2,7-21)9-23(5-12,8-21)28-17-14-18(27-20(24)26-17)29(10-25-14)19-16(31)15(30)13(38-19)6-37-39(32,33)11-40(34,35)36/h10,12-13,15-16,19,30-31H,3-9,11H2,1-2H3,(H,32,33)(H,26,27,28)(H,34,35,36)/t12?,13-,15+,16?,19-,21-,22+,23?/m1/s1. The summed E-state index contributed by atoms with van der Waals surface area (Å²) in [5.41, 5.74) is -0.501. The molecule has 2 aromatic rings. The Morgan fingerprint density at radius 1 is 1.18 bits per heavy atom. The highest BCUT2D eigenvalue weighted by atomic mass is 35.5. The van der Waals surface area contributed by atoms with Crippen molar-refractivity contribution in [2.45, 2.75) is 82.5 Å². The van der Waals surface area contributed by atoms with Gasteiger partial charge in [0, 0.05) is 5.54 Å². The SMILES string of the molecule is C[C@]12CC3CC(Nc4nc(Cl)nc5c4ncn5[C@@H]4O[C@H](COP(=O)(O)CS(=O)(=O)O)[C@H](O)C4O)(C1)C[C@@](C)(C3)C2. The molecule has 4 unspecified atom stereocenters. The molecule has 17 heteroatoms. The van der Waals surface area contributed by atoms with Crippen molar-refractivity contribution < 1.29 is 41.9 Å². The fourth-order valence-electron chi connectivity index (χ4n) is 8.53. The fraction of sp³-hybridized carbons (Fsp3) is 0.783. The molecule has 9 atom stereocenters. The Hall–Kier alpha value is -1.42. The van der Waals surface area contributed by atoms with Gasteiger partial charge in [0.05, 0.1) is 12.9 Å². The number of hydrogen-bond acceptors (Lipinski definition) is 11. The van der Waals surface area contributed by atoms with Gasteiger partial charge in [-0.1, -0.05) is 13.8 Å². The second-order valence-electron chi connectivity index (χ2n) is 12.9. The Morgan fingerprint density at radius 2 is 1.85 bits per heavy atom. The van der Waals surface area contributed by atoms with Gasteiger partial charge >= 0.3 is 7.60 Å². The Bertz CT molecular complexity index is 1490. The third-order valence-corrected chi connectivity index (χ3v) is 12.1. The van der Waals surface area contributed by atoms with Crippen molar-refractivity contribution in [3.05, 3.63) is 11.6 Å². The number of fused-ring (bicyclic) bond motifs is 1. The Kier molecular flexibility index (Phi) is 6.66. The van der Waals surface area contributed by atoms with E-state index >= 15 is 0 Å². The minimum atomic E-state index is -4.79. The summed E-state index contributed by atoms with van der Waals surface area (Å²) < 4.78 is 54.6. The highest BCUT2D eigenvalue weighted by Gasteiger charge is 2.60. The van der Waals surface area contributed by atoms with Crippen LogP contribution in [-0.4, -0.2) is 83.5 Å². The third-order valence-electron chi connectivity index (χ3n) is 8.78. The van der Waals surface area contributed by atoms with E-state index in [9.17, 15) is 28.1 Å². The number of ether oxygens (including phenoxy) is 1. The molecule has 4 saturated carbocycles. The average molecular weight is 622 g/mol. The average Bonchev–Trinajstić information content (AvgIpc) is 3.29. The molecule has 222 valence electrons. The van der Waals surface area contributed by atoms with Crippen LogP contribution in [0.1, 0.15) is 58.6 Å². The summed E-state index contributed by atoms with van der Waals surface area (Å²) in [4.78, 5) is 23.0. The van der Waals surface area contributed by atoms with E-state index < -0.39 is 54.4 Å². The largest absolute Gasteiger partial charge is 0.387 e. The number of aromatic nitrogens is 4. The van der Waals surface area contributed by atoms with Crippen LogP contribution in [0.5, 0.6) is 0 Å². The van der Waals surface area contributed by atoms with Gasteiger partial charge in [-0.2, -0.15) is 18.4 Å². The van der Waals surface area contributed by atoms with Crippen molar-refractivity contribution in [1.82, 2.24) is 19.5 Å². The first kappa shape index (κ1) is 28.7. The van der Waals surface area contributed by atoms with Gasteiger partial charge in [0.1, 0.15) is 18.3 Å². The number of nitrogens with zero attached hydrogens (tertiary/aromatic N) is 4. The number of aliphatic hydroxyl groups excluding tert-OH is 2. The second-order valence-corrected chi connectivity index (χ2v) is 17.0. The first-order chi connectivity index (χ1) is 18.5. The Morgan fingerprint density at radius 3 is 2.48 bits per heavy atom. The maximum absolute atomic E-state index is 12.0. The maximum atomic E-state index is 12.0. The summed E-state index contributed by atoms with van der Waals surface area (Å²) in [6.45, 7) is 4.01. The highest BCUT2D eigenvalue weighted by molar-refractivity contribution is 7.92. The molecule has 4 bridgehead atoms. The number of nitrogens with one attached hydrogen (secondary N) is 1. The van der Waals surface area contributed by atoms with E-state index in [1.807, 2.05) is 0 Å². The molecular weight excluding hydrogens is 589 g/mol. The van der Waals surface area contributed by atoms with Crippen molar-refractivity contribution in [2.24, 2.45) is 16.7 Å². The van der Waals surface area contributed by atoms with Crippen molar-refractivity contribution in [2.75, 3.05) is 17.4 Å². The van der Waals surface area contributed by atoms with Crippen molar-refractivity contribution in [3.63, 3.8) is 0 Å². The minimum absolute atomic E-state index is 0.0433. The van der Waals surface area contributed by atoms with Crippen molar-refractivity contribution in [3.8, 4) is 0 Å². The van der Waals surface area contributed by atoms with E-state index in [2.05, 4.69) is 34.1 Å². The van der Waals surface area contributed by atoms with Crippen LogP contribution >= 0.6 is 19.2 Å². The summed E-state index contributed by atoms with van der Waals surface area (Å²) in [5, 5.41) is 24.9. The maximum Gasteiger partial charge on any atom is 0.345 e. The molecule has 40 heavy (non-hydrogen) atoms. The van der Waals surface area contributed by atoms with E-state index in [1.165, 1.54) is 30.2 Å². The van der Waals surface area contributed by atoms with E-state index in [-0.39, 0.29) is 27.3 Å². The summed E-state index contributed by atoms with van der Waals surface area (Å²) in [5.74, 6) is 1.11. The molecule has 0 aromatic carbocycles. The molecule has 4 aliphatic carbocycles. The van der Waals surface area contributed by atoms with Crippen LogP contribution in [0, 0.1) is 16.7 Å². The number of rotatable bonds is 8. The summed E-state index contributed by atoms with van der Waals surface area (Å²) in [7, 11) is -9.55. The molecule has 1 aliphatic heterocycles.